The molecule has 2 aromatic heterocycles. The molecule has 0 unspecified atom stereocenters. The quantitative estimate of drug-likeness (QED) is 0.714. The fourth-order valence-electron chi connectivity index (χ4n) is 3.70. The Morgan fingerprint density at radius 3 is 2.61 bits per heavy atom. The van der Waals surface area contributed by atoms with E-state index in [2.05, 4.69) is 15.2 Å². The van der Waals surface area contributed by atoms with E-state index in [1.54, 1.807) is 24.4 Å². The molecule has 0 bridgehead atoms. The topological polar surface area (TPSA) is 75.3 Å². The van der Waals surface area contributed by atoms with E-state index in [0.717, 1.165) is 19.3 Å². The summed E-state index contributed by atoms with van der Waals surface area (Å²) in [4.78, 5) is 6.04. The monoisotopic (exact) mass is 382 g/mol. The molecule has 6 nitrogen and oxygen atoms in total. The van der Waals surface area contributed by atoms with E-state index in [4.69, 9.17) is 4.42 Å². The van der Waals surface area contributed by atoms with Gasteiger partial charge in [-0.25, -0.2) is 9.37 Å². The summed E-state index contributed by atoms with van der Waals surface area (Å²) in [5.41, 5.74) is 1.80. The van der Waals surface area contributed by atoms with Crippen LogP contribution in [0.2, 0.25) is 0 Å². The third kappa shape index (κ3) is 3.56. The minimum Gasteiger partial charge on any atom is -0.507 e. The molecule has 1 aromatic carbocycles. The van der Waals surface area contributed by atoms with Gasteiger partial charge in [-0.05, 0) is 50.1 Å². The van der Waals surface area contributed by atoms with Gasteiger partial charge in [-0.2, -0.15) is 0 Å². The van der Waals surface area contributed by atoms with E-state index < -0.39 is 6.17 Å². The molecule has 4 rings (SSSR count). The first-order valence-corrected chi connectivity index (χ1v) is 9.50. The highest BCUT2D eigenvalue weighted by atomic mass is 19.1. The first-order valence-electron chi connectivity index (χ1n) is 9.50. The summed E-state index contributed by atoms with van der Waals surface area (Å²) in [7, 11) is 1.86. The van der Waals surface area contributed by atoms with Crippen molar-refractivity contribution in [2.45, 2.75) is 44.8 Å². The Kier molecular flexibility index (Phi) is 4.98. The van der Waals surface area contributed by atoms with Crippen LogP contribution in [0.25, 0.3) is 22.7 Å². The smallest absolute Gasteiger partial charge is 0.226 e. The maximum Gasteiger partial charge on any atom is 0.226 e. The molecule has 1 fully saturated rings. The maximum atomic E-state index is 14.2. The number of halogens is 1. The van der Waals surface area contributed by atoms with Crippen LogP contribution in [0.5, 0.6) is 5.75 Å². The zero-order chi connectivity index (χ0) is 19.7. The Morgan fingerprint density at radius 1 is 1.14 bits per heavy atom. The number of benzene rings is 1. The molecule has 7 heteroatoms. The van der Waals surface area contributed by atoms with Crippen molar-refractivity contribution >= 4 is 5.82 Å². The van der Waals surface area contributed by atoms with Crippen molar-refractivity contribution in [2.75, 3.05) is 11.9 Å². The number of phenolic OH excluding ortho intramolecular Hbond substituents is 1. The second-order valence-corrected chi connectivity index (χ2v) is 7.26. The van der Waals surface area contributed by atoms with Gasteiger partial charge in [0.05, 0.1) is 17.9 Å². The molecule has 0 amide bonds. The van der Waals surface area contributed by atoms with Crippen molar-refractivity contribution < 1.29 is 13.9 Å². The minimum absolute atomic E-state index is 0.0693. The van der Waals surface area contributed by atoms with Crippen LogP contribution in [0.3, 0.4) is 0 Å². The summed E-state index contributed by atoms with van der Waals surface area (Å²) in [6, 6.07) is 8.62. The summed E-state index contributed by atoms with van der Waals surface area (Å²) in [6.45, 7) is 1.82. The van der Waals surface area contributed by atoms with Crippen LogP contribution in [0.4, 0.5) is 10.2 Å². The molecule has 0 radical (unpaired) electrons. The van der Waals surface area contributed by atoms with E-state index in [9.17, 15) is 9.50 Å². The summed E-state index contributed by atoms with van der Waals surface area (Å²) < 4.78 is 19.7. The third-order valence-corrected chi connectivity index (χ3v) is 5.30. The lowest BCUT2D eigenvalue weighted by Gasteiger charge is -2.34. The summed E-state index contributed by atoms with van der Waals surface area (Å²) >= 11 is 0. The van der Waals surface area contributed by atoms with Gasteiger partial charge in [-0.3, -0.25) is 0 Å². The number of oxazole rings is 1. The van der Waals surface area contributed by atoms with Crippen molar-refractivity contribution in [1.29, 1.82) is 0 Å². The number of nitrogens with zero attached hydrogens (tertiary/aromatic N) is 4. The molecule has 0 aliphatic heterocycles. The Labute approximate surface area is 163 Å². The fraction of sp³-hybridized carbons (Fsp3) is 0.381. The normalized spacial score (nSPS) is 19.5. The lowest BCUT2D eigenvalue weighted by Crippen LogP contribution is -2.41. The molecule has 3 aromatic rings. The average molecular weight is 382 g/mol. The first-order chi connectivity index (χ1) is 13.5. The van der Waals surface area contributed by atoms with Crippen molar-refractivity contribution in [1.82, 2.24) is 15.2 Å². The van der Waals surface area contributed by atoms with Crippen molar-refractivity contribution in [2.24, 2.45) is 0 Å². The Morgan fingerprint density at radius 2 is 1.96 bits per heavy atom. The van der Waals surface area contributed by atoms with Gasteiger partial charge in [-0.15, -0.1) is 10.2 Å². The lowest BCUT2D eigenvalue weighted by atomic mass is 9.92. The van der Waals surface area contributed by atoms with Crippen molar-refractivity contribution in [3.05, 3.63) is 42.3 Å². The second kappa shape index (κ2) is 7.58. The van der Waals surface area contributed by atoms with E-state index in [1.807, 2.05) is 31.0 Å². The predicted octanol–water partition coefficient (Wildman–Crippen LogP) is 4.53. The van der Waals surface area contributed by atoms with Crippen LogP contribution >= 0.6 is 0 Å². The van der Waals surface area contributed by atoms with Crippen LogP contribution in [0, 0.1) is 6.92 Å². The largest absolute Gasteiger partial charge is 0.507 e. The van der Waals surface area contributed by atoms with E-state index >= 15 is 0 Å². The number of anilines is 1. The Bertz CT molecular complexity index is 957. The summed E-state index contributed by atoms with van der Waals surface area (Å²) in [5, 5.41) is 18.9. The standard InChI is InChI=1S/C21H23FN4O2/c1-13-12-23-21(28-13)14-7-8-15(19(27)11-14)17-9-10-20(25-24-17)26(2)18-6-4-3-5-16(18)22/h7-12,16,18,27H,3-6H2,1-2H3/t16-,18+/m0/s1. The van der Waals surface area contributed by atoms with E-state index in [-0.39, 0.29) is 11.8 Å². The van der Waals surface area contributed by atoms with Crippen LogP contribution in [0.15, 0.2) is 40.9 Å². The van der Waals surface area contributed by atoms with E-state index in [1.165, 1.54) is 0 Å². The van der Waals surface area contributed by atoms with Gasteiger partial charge in [0.25, 0.3) is 0 Å². The second-order valence-electron chi connectivity index (χ2n) is 7.26. The summed E-state index contributed by atoms with van der Waals surface area (Å²) in [5.74, 6) is 1.86. The highest BCUT2D eigenvalue weighted by Crippen LogP contribution is 2.33. The zero-order valence-corrected chi connectivity index (χ0v) is 16.0. The predicted molar refractivity (Wildman–Crippen MR) is 105 cm³/mol. The van der Waals surface area contributed by atoms with Crippen LogP contribution < -0.4 is 4.90 Å². The molecule has 1 N–H and O–H groups in total. The Balaban J connectivity index is 1.55. The molecule has 2 heterocycles. The highest BCUT2D eigenvalue weighted by molar-refractivity contribution is 5.71. The number of aromatic hydroxyl groups is 1. The van der Waals surface area contributed by atoms with Crippen LogP contribution in [-0.2, 0) is 0 Å². The van der Waals surface area contributed by atoms with Gasteiger partial charge in [-0.1, -0.05) is 12.8 Å². The molecule has 0 saturated heterocycles. The van der Waals surface area contributed by atoms with Gasteiger partial charge in [0.1, 0.15) is 17.7 Å². The molecule has 2 atom stereocenters. The first kappa shape index (κ1) is 18.4. The number of aryl methyl sites for hydroxylation is 1. The van der Waals surface area contributed by atoms with E-state index in [0.29, 0.717) is 40.7 Å². The maximum absolute atomic E-state index is 14.2. The average Bonchev–Trinajstić information content (AvgIpc) is 3.14. The summed E-state index contributed by atoms with van der Waals surface area (Å²) in [6.07, 6.45) is 4.20. The van der Waals surface area contributed by atoms with Gasteiger partial charge in [0.15, 0.2) is 5.82 Å². The number of rotatable bonds is 4. The number of hydrogen-bond acceptors (Lipinski definition) is 6. The minimum atomic E-state index is -0.837. The molecular formula is C21H23FN4O2. The number of alkyl halides is 1. The molecule has 1 aliphatic carbocycles. The molecule has 1 saturated carbocycles. The third-order valence-electron chi connectivity index (χ3n) is 5.30. The van der Waals surface area contributed by atoms with Crippen molar-refractivity contribution in [3.63, 3.8) is 0 Å². The highest BCUT2D eigenvalue weighted by Gasteiger charge is 2.29. The Hall–Kier alpha value is -2.96. The lowest BCUT2D eigenvalue weighted by molar-refractivity contribution is 0.213. The number of hydrogen-bond donors (Lipinski definition) is 1. The fourth-order valence-corrected chi connectivity index (χ4v) is 3.70. The van der Waals surface area contributed by atoms with Crippen LogP contribution in [-0.4, -0.2) is 39.5 Å². The van der Waals surface area contributed by atoms with Gasteiger partial charge < -0.3 is 14.4 Å². The number of phenols is 1. The zero-order valence-electron chi connectivity index (χ0n) is 16.0. The molecular weight excluding hydrogens is 359 g/mol. The molecule has 0 spiro atoms. The van der Waals surface area contributed by atoms with Crippen molar-refractivity contribution in [3.8, 4) is 28.5 Å². The molecule has 146 valence electrons. The van der Waals surface area contributed by atoms with Gasteiger partial charge in [0.2, 0.25) is 5.89 Å². The van der Waals surface area contributed by atoms with Gasteiger partial charge in [0, 0.05) is 18.2 Å². The van der Waals surface area contributed by atoms with Gasteiger partial charge >= 0.3 is 0 Å². The van der Waals surface area contributed by atoms with Crippen LogP contribution in [0.1, 0.15) is 31.4 Å². The number of aromatic nitrogens is 3. The molecule has 28 heavy (non-hydrogen) atoms. The molecule has 1 aliphatic rings. The SMILES string of the molecule is Cc1cnc(-c2ccc(-c3ccc(N(C)[C@@H]4CCCC[C@@H]4F)nn3)c(O)c2)o1.